The van der Waals surface area contributed by atoms with Gasteiger partial charge in [-0.2, -0.15) is 0 Å². The number of rotatable bonds is 3. The van der Waals surface area contributed by atoms with E-state index in [9.17, 15) is 0 Å². The van der Waals surface area contributed by atoms with Crippen LogP contribution in [-0.4, -0.2) is 24.0 Å². The highest BCUT2D eigenvalue weighted by molar-refractivity contribution is 5.29. The van der Waals surface area contributed by atoms with Gasteiger partial charge in [0, 0.05) is 31.6 Å². The molecule has 0 aromatic heterocycles. The standard InChI is InChI=1S/C19H24N2/c1-14-8-15(2)10-16(9-14)11-21-12-18(19(20)13-21)17-6-4-3-5-7-17/h3-10,18-19H,11-13,20H2,1-2H3/t18-,19+/m0/s1. The lowest BCUT2D eigenvalue weighted by atomic mass is 9.95. The first-order valence-electron chi connectivity index (χ1n) is 7.72. The maximum absolute atomic E-state index is 6.37. The zero-order valence-corrected chi connectivity index (χ0v) is 12.9. The van der Waals surface area contributed by atoms with E-state index < -0.39 is 0 Å². The van der Waals surface area contributed by atoms with Crippen LogP contribution in [0.4, 0.5) is 0 Å². The molecule has 1 saturated heterocycles. The maximum Gasteiger partial charge on any atom is 0.0250 e. The van der Waals surface area contributed by atoms with Crippen LogP contribution in [-0.2, 0) is 6.54 Å². The van der Waals surface area contributed by atoms with Gasteiger partial charge in [-0.05, 0) is 25.0 Å². The molecule has 2 aromatic carbocycles. The predicted molar refractivity (Wildman–Crippen MR) is 88.4 cm³/mol. The highest BCUT2D eigenvalue weighted by atomic mass is 15.2. The Morgan fingerprint density at radius 3 is 2.33 bits per heavy atom. The van der Waals surface area contributed by atoms with E-state index in [1.54, 1.807) is 0 Å². The number of likely N-dealkylation sites (tertiary alicyclic amines) is 1. The second-order valence-electron chi connectivity index (χ2n) is 6.37. The molecule has 3 rings (SSSR count). The van der Waals surface area contributed by atoms with Gasteiger partial charge in [0.05, 0.1) is 0 Å². The molecule has 110 valence electrons. The normalized spacial score (nSPS) is 22.6. The molecule has 0 aliphatic carbocycles. The van der Waals surface area contributed by atoms with Gasteiger partial charge < -0.3 is 5.73 Å². The molecular weight excluding hydrogens is 256 g/mol. The van der Waals surface area contributed by atoms with E-state index in [2.05, 4.69) is 67.3 Å². The third kappa shape index (κ3) is 3.34. The lowest BCUT2D eigenvalue weighted by Gasteiger charge is -2.17. The van der Waals surface area contributed by atoms with Gasteiger partial charge >= 0.3 is 0 Å². The van der Waals surface area contributed by atoms with Crippen molar-refractivity contribution in [3.63, 3.8) is 0 Å². The van der Waals surface area contributed by atoms with Gasteiger partial charge in [-0.25, -0.2) is 0 Å². The molecule has 0 amide bonds. The van der Waals surface area contributed by atoms with Gasteiger partial charge in [-0.1, -0.05) is 59.7 Å². The Bertz CT molecular complexity index is 586. The lowest BCUT2D eigenvalue weighted by Crippen LogP contribution is -2.28. The SMILES string of the molecule is Cc1cc(C)cc(CN2C[C@@H](N)[C@H](c3ccccc3)C2)c1. The van der Waals surface area contributed by atoms with E-state index in [0.717, 1.165) is 19.6 Å². The van der Waals surface area contributed by atoms with Crippen LogP contribution in [0.15, 0.2) is 48.5 Å². The number of nitrogens with zero attached hydrogens (tertiary/aromatic N) is 1. The average Bonchev–Trinajstić information content (AvgIpc) is 2.79. The topological polar surface area (TPSA) is 29.3 Å². The quantitative estimate of drug-likeness (QED) is 0.935. The Labute approximate surface area is 127 Å². The number of hydrogen-bond donors (Lipinski definition) is 1. The predicted octanol–water partition coefficient (Wildman–Crippen LogP) is 3.23. The molecule has 0 bridgehead atoms. The average molecular weight is 280 g/mol. The third-order valence-electron chi connectivity index (χ3n) is 4.36. The van der Waals surface area contributed by atoms with Gasteiger partial charge in [-0.3, -0.25) is 4.90 Å². The molecule has 2 heteroatoms. The summed E-state index contributed by atoms with van der Waals surface area (Å²) >= 11 is 0. The van der Waals surface area contributed by atoms with E-state index in [1.807, 2.05) is 0 Å². The summed E-state index contributed by atoms with van der Waals surface area (Å²) in [7, 11) is 0. The summed E-state index contributed by atoms with van der Waals surface area (Å²) in [5.41, 5.74) is 11.8. The van der Waals surface area contributed by atoms with Gasteiger partial charge in [0.15, 0.2) is 0 Å². The van der Waals surface area contributed by atoms with E-state index in [4.69, 9.17) is 5.73 Å². The maximum atomic E-state index is 6.37. The van der Waals surface area contributed by atoms with Crippen molar-refractivity contribution >= 4 is 0 Å². The van der Waals surface area contributed by atoms with E-state index in [0.29, 0.717) is 5.92 Å². The first-order valence-corrected chi connectivity index (χ1v) is 7.72. The highest BCUT2D eigenvalue weighted by Crippen LogP contribution is 2.27. The van der Waals surface area contributed by atoms with Crippen LogP contribution in [0.5, 0.6) is 0 Å². The highest BCUT2D eigenvalue weighted by Gasteiger charge is 2.30. The van der Waals surface area contributed by atoms with Crippen molar-refractivity contribution in [3.8, 4) is 0 Å². The summed E-state index contributed by atoms with van der Waals surface area (Å²) in [5, 5.41) is 0. The van der Waals surface area contributed by atoms with Crippen molar-refractivity contribution in [1.82, 2.24) is 4.90 Å². The molecule has 2 nitrogen and oxygen atoms in total. The molecule has 2 N–H and O–H groups in total. The Hall–Kier alpha value is -1.64. The van der Waals surface area contributed by atoms with Gasteiger partial charge in [-0.15, -0.1) is 0 Å². The van der Waals surface area contributed by atoms with Gasteiger partial charge in [0.2, 0.25) is 0 Å². The monoisotopic (exact) mass is 280 g/mol. The molecule has 0 saturated carbocycles. The summed E-state index contributed by atoms with van der Waals surface area (Å²) in [5.74, 6) is 0.456. The minimum absolute atomic E-state index is 0.235. The molecule has 0 radical (unpaired) electrons. The zero-order chi connectivity index (χ0) is 14.8. The fourth-order valence-electron chi connectivity index (χ4n) is 3.51. The minimum atomic E-state index is 0.235. The summed E-state index contributed by atoms with van der Waals surface area (Å²) in [6.07, 6.45) is 0. The zero-order valence-electron chi connectivity index (χ0n) is 12.9. The van der Waals surface area contributed by atoms with Crippen molar-refractivity contribution in [2.75, 3.05) is 13.1 Å². The van der Waals surface area contributed by atoms with Crippen LogP contribution in [0.1, 0.15) is 28.2 Å². The fourth-order valence-corrected chi connectivity index (χ4v) is 3.51. The van der Waals surface area contributed by atoms with Crippen LogP contribution >= 0.6 is 0 Å². The number of nitrogens with two attached hydrogens (primary N) is 1. The summed E-state index contributed by atoms with van der Waals surface area (Å²) in [6, 6.07) is 17.7. The molecule has 1 fully saturated rings. The second-order valence-corrected chi connectivity index (χ2v) is 6.37. The minimum Gasteiger partial charge on any atom is -0.326 e. The molecule has 1 heterocycles. The molecule has 1 aliphatic rings. The molecular formula is C19H24N2. The first kappa shape index (κ1) is 14.3. The Kier molecular flexibility index (Phi) is 4.09. The molecule has 0 unspecified atom stereocenters. The lowest BCUT2D eigenvalue weighted by molar-refractivity contribution is 0.323. The molecule has 2 aromatic rings. The summed E-state index contributed by atoms with van der Waals surface area (Å²) in [4.78, 5) is 2.48. The second kappa shape index (κ2) is 6.00. The van der Waals surface area contributed by atoms with Crippen LogP contribution in [0, 0.1) is 13.8 Å². The van der Waals surface area contributed by atoms with Crippen molar-refractivity contribution in [1.29, 1.82) is 0 Å². The Balaban J connectivity index is 1.71. The van der Waals surface area contributed by atoms with Crippen LogP contribution in [0.25, 0.3) is 0 Å². The van der Waals surface area contributed by atoms with E-state index in [1.165, 1.54) is 22.3 Å². The smallest absolute Gasteiger partial charge is 0.0250 e. The van der Waals surface area contributed by atoms with Crippen molar-refractivity contribution in [2.45, 2.75) is 32.4 Å². The number of hydrogen-bond acceptors (Lipinski definition) is 2. The van der Waals surface area contributed by atoms with Crippen molar-refractivity contribution < 1.29 is 0 Å². The molecule has 0 spiro atoms. The molecule has 2 atom stereocenters. The van der Waals surface area contributed by atoms with Crippen LogP contribution in [0.3, 0.4) is 0 Å². The largest absolute Gasteiger partial charge is 0.326 e. The van der Waals surface area contributed by atoms with Gasteiger partial charge in [0.1, 0.15) is 0 Å². The fraction of sp³-hybridized carbons (Fsp3) is 0.368. The molecule has 1 aliphatic heterocycles. The first-order chi connectivity index (χ1) is 10.1. The third-order valence-corrected chi connectivity index (χ3v) is 4.36. The Morgan fingerprint density at radius 1 is 1.00 bits per heavy atom. The van der Waals surface area contributed by atoms with Crippen molar-refractivity contribution in [3.05, 3.63) is 70.8 Å². The van der Waals surface area contributed by atoms with Crippen molar-refractivity contribution in [2.24, 2.45) is 5.73 Å². The summed E-state index contributed by atoms with van der Waals surface area (Å²) < 4.78 is 0. The van der Waals surface area contributed by atoms with Crippen LogP contribution < -0.4 is 5.73 Å². The van der Waals surface area contributed by atoms with Crippen LogP contribution in [0.2, 0.25) is 0 Å². The van der Waals surface area contributed by atoms with E-state index in [-0.39, 0.29) is 6.04 Å². The number of benzene rings is 2. The number of aryl methyl sites for hydroxylation is 2. The molecule has 21 heavy (non-hydrogen) atoms. The van der Waals surface area contributed by atoms with E-state index >= 15 is 0 Å². The summed E-state index contributed by atoms with van der Waals surface area (Å²) in [6.45, 7) is 7.36. The van der Waals surface area contributed by atoms with Gasteiger partial charge in [0.25, 0.3) is 0 Å². The Morgan fingerprint density at radius 2 is 1.67 bits per heavy atom.